The Labute approximate surface area is 215 Å². The number of ketones is 1. The van der Waals surface area contributed by atoms with Gasteiger partial charge in [-0.25, -0.2) is 4.68 Å². The third kappa shape index (κ3) is 4.89. The molecule has 9 heteroatoms. The van der Waals surface area contributed by atoms with Crippen LogP contribution in [0.1, 0.15) is 50.9 Å². The standard InChI is InChI=1S/C28H30N6O3/c1-17-24(27(36)30-15-18-16-34(33-32-18)19-8-10-20(37-4)11-9-19)26(21-7-5-6-12-29-21)25-22(31-17)13-28(2,3)14-23(25)35/h5-12,16,26,31H,13-15H2,1-4H3,(H,30,36). The number of methoxy groups -OCH3 is 1. The van der Waals surface area contributed by atoms with Crippen LogP contribution in [0.2, 0.25) is 0 Å². The maximum absolute atomic E-state index is 13.6. The van der Waals surface area contributed by atoms with Crippen LogP contribution in [0.15, 0.2) is 77.4 Å². The van der Waals surface area contributed by atoms with Gasteiger partial charge in [-0.3, -0.25) is 14.6 Å². The van der Waals surface area contributed by atoms with Crippen molar-refractivity contribution >= 4 is 11.7 Å². The highest BCUT2D eigenvalue weighted by Crippen LogP contribution is 2.46. The van der Waals surface area contributed by atoms with E-state index in [-0.39, 0.29) is 23.7 Å². The summed E-state index contributed by atoms with van der Waals surface area (Å²) in [4.78, 5) is 31.5. The summed E-state index contributed by atoms with van der Waals surface area (Å²) in [6.45, 7) is 6.24. The molecule has 37 heavy (non-hydrogen) atoms. The van der Waals surface area contributed by atoms with Gasteiger partial charge in [-0.05, 0) is 55.2 Å². The lowest BCUT2D eigenvalue weighted by molar-refractivity contribution is -0.118. The highest BCUT2D eigenvalue weighted by atomic mass is 16.5. The molecule has 3 heterocycles. The second kappa shape index (κ2) is 9.65. The molecule has 1 aromatic carbocycles. The number of nitrogens with zero attached hydrogens (tertiary/aromatic N) is 4. The predicted molar refractivity (Wildman–Crippen MR) is 138 cm³/mol. The number of allylic oxidation sites excluding steroid dienone is 3. The molecular formula is C28H30N6O3. The molecule has 0 saturated carbocycles. The molecule has 0 fully saturated rings. The van der Waals surface area contributed by atoms with Crippen LogP contribution in [0, 0.1) is 5.41 Å². The minimum absolute atomic E-state index is 0.0506. The summed E-state index contributed by atoms with van der Waals surface area (Å²) >= 11 is 0. The summed E-state index contributed by atoms with van der Waals surface area (Å²) in [6.07, 6.45) is 4.63. The first-order chi connectivity index (χ1) is 17.8. The highest BCUT2D eigenvalue weighted by molar-refractivity contribution is 6.05. The Hall–Kier alpha value is -4.27. The van der Waals surface area contributed by atoms with Gasteiger partial charge >= 0.3 is 0 Å². The number of hydrogen-bond donors (Lipinski definition) is 2. The molecular weight excluding hydrogens is 468 g/mol. The number of dihydropyridines is 1. The van der Waals surface area contributed by atoms with Gasteiger partial charge in [-0.15, -0.1) is 5.10 Å². The zero-order chi connectivity index (χ0) is 26.2. The van der Waals surface area contributed by atoms with E-state index in [2.05, 4.69) is 39.8 Å². The van der Waals surface area contributed by atoms with E-state index in [4.69, 9.17) is 4.74 Å². The first kappa shape index (κ1) is 24.4. The van der Waals surface area contributed by atoms with Crippen molar-refractivity contribution in [2.75, 3.05) is 7.11 Å². The minimum Gasteiger partial charge on any atom is -0.497 e. The number of nitrogens with one attached hydrogen (secondary N) is 2. The van der Waals surface area contributed by atoms with Crippen LogP contribution in [0.5, 0.6) is 5.75 Å². The Kier molecular flexibility index (Phi) is 6.37. The molecule has 1 amide bonds. The molecule has 1 aliphatic heterocycles. The van der Waals surface area contributed by atoms with Gasteiger partial charge in [-0.2, -0.15) is 0 Å². The number of ether oxygens (including phenoxy) is 1. The lowest BCUT2D eigenvalue weighted by Crippen LogP contribution is -2.40. The largest absolute Gasteiger partial charge is 0.497 e. The van der Waals surface area contributed by atoms with E-state index in [0.29, 0.717) is 29.0 Å². The Morgan fingerprint density at radius 3 is 2.68 bits per heavy atom. The fourth-order valence-electron chi connectivity index (χ4n) is 5.09. The SMILES string of the molecule is COc1ccc(-n2cc(CNC(=O)C3=C(C)NC4=C(C(=O)CC(C)(C)C4)C3c3ccccn3)nn2)cc1. The predicted octanol–water partition coefficient (Wildman–Crippen LogP) is 3.59. The van der Waals surface area contributed by atoms with Crippen LogP contribution in [0.3, 0.4) is 0 Å². The second-order valence-corrected chi connectivity index (χ2v) is 10.2. The van der Waals surface area contributed by atoms with Gasteiger partial charge < -0.3 is 15.4 Å². The number of Topliss-reactive ketones (excluding diaryl/α,β-unsaturated/α-hetero) is 1. The van der Waals surface area contributed by atoms with Crippen molar-refractivity contribution in [1.29, 1.82) is 0 Å². The van der Waals surface area contributed by atoms with Gasteiger partial charge in [0.25, 0.3) is 0 Å². The van der Waals surface area contributed by atoms with Gasteiger partial charge in [0.15, 0.2) is 5.78 Å². The summed E-state index contributed by atoms with van der Waals surface area (Å²) in [5.74, 6) is -0.00339. The Balaban J connectivity index is 1.39. The van der Waals surface area contributed by atoms with Crippen molar-refractivity contribution in [1.82, 2.24) is 30.6 Å². The summed E-state index contributed by atoms with van der Waals surface area (Å²) < 4.78 is 6.84. The van der Waals surface area contributed by atoms with Crippen molar-refractivity contribution in [3.63, 3.8) is 0 Å². The van der Waals surface area contributed by atoms with E-state index >= 15 is 0 Å². The van der Waals surface area contributed by atoms with Crippen molar-refractivity contribution in [3.8, 4) is 11.4 Å². The van der Waals surface area contributed by atoms with Gasteiger partial charge in [0.1, 0.15) is 11.4 Å². The van der Waals surface area contributed by atoms with Gasteiger partial charge in [0.2, 0.25) is 5.91 Å². The van der Waals surface area contributed by atoms with Crippen LogP contribution in [-0.4, -0.2) is 38.8 Å². The van der Waals surface area contributed by atoms with E-state index in [0.717, 1.165) is 29.3 Å². The average molecular weight is 499 g/mol. The summed E-state index contributed by atoms with van der Waals surface area (Å²) in [6, 6.07) is 13.0. The lowest BCUT2D eigenvalue weighted by atomic mass is 9.69. The Bertz CT molecular complexity index is 1400. The lowest BCUT2D eigenvalue weighted by Gasteiger charge is -2.39. The number of hydrogen-bond acceptors (Lipinski definition) is 7. The molecule has 1 atom stereocenters. The zero-order valence-electron chi connectivity index (χ0n) is 21.4. The van der Waals surface area contributed by atoms with Gasteiger partial charge in [0, 0.05) is 35.2 Å². The first-order valence-corrected chi connectivity index (χ1v) is 12.2. The topological polar surface area (TPSA) is 111 Å². The molecule has 0 bridgehead atoms. The van der Waals surface area contributed by atoms with E-state index in [9.17, 15) is 9.59 Å². The Morgan fingerprint density at radius 1 is 1.19 bits per heavy atom. The Morgan fingerprint density at radius 2 is 1.97 bits per heavy atom. The minimum atomic E-state index is -0.531. The molecule has 0 spiro atoms. The number of amides is 1. The molecule has 1 unspecified atom stereocenters. The highest BCUT2D eigenvalue weighted by Gasteiger charge is 2.43. The fraction of sp³-hybridized carbons (Fsp3) is 0.321. The third-order valence-corrected chi connectivity index (χ3v) is 6.78. The van der Waals surface area contributed by atoms with Gasteiger partial charge in [-0.1, -0.05) is 25.1 Å². The van der Waals surface area contributed by atoms with Crippen LogP contribution >= 0.6 is 0 Å². The quantitative estimate of drug-likeness (QED) is 0.534. The third-order valence-electron chi connectivity index (χ3n) is 6.78. The number of benzene rings is 1. The summed E-state index contributed by atoms with van der Waals surface area (Å²) in [7, 11) is 1.62. The number of pyridine rings is 1. The molecule has 2 aromatic heterocycles. The van der Waals surface area contributed by atoms with Crippen molar-refractivity contribution in [2.24, 2.45) is 5.41 Å². The molecule has 9 nitrogen and oxygen atoms in total. The smallest absolute Gasteiger partial charge is 0.250 e. The van der Waals surface area contributed by atoms with E-state index in [1.807, 2.05) is 49.4 Å². The molecule has 0 radical (unpaired) electrons. The van der Waals surface area contributed by atoms with Crippen molar-refractivity contribution < 1.29 is 14.3 Å². The maximum Gasteiger partial charge on any atom is 0.250 e. The molecule has 2 N–H and O–H groups in total. The molecule has 1 aliphatic carbocycles. The van der Waals surface area contributed by atoms with Gasteiger partial charge in [0.05, 0.1) is 37.2 Å². The molecule has 2 aliphatic rings. The number of carbonyl (C=O) groups is 2. The monoisotopic (exact) mass is 498 g/mol. The zero-order valence-corrected chi connectivity index (χ0v) is 21.4. The van der Waals surface area contributed by atoms with Crippen LogP contribution < -0.4 is 15.4 Å². The number of rotatable bonds is 6. The molecule has 190 valence electrons. The summed E-state index contributed by atoms with van der Waals surface area (Å²) in [5, 5.41) is 14.7. The number of carbonyl (C=O) groups excluding carboxylic acids is 2. The molecule has 5 rings (SSSR count). The first-order valence-electron chi connectivity index (χ1n) is 12.2. The normalized spacial score (nSPS) is 18.8. The van der Waals surface area contributed by atoms with E-state index in [1.54, 1.807) is 24.2 Å². The van der Waals surface area contributed by atoms with Crippen LogP contribution in [0.4, 0.5) is 0 Å². The van der Waals surface area contributed by atoms with Crippen molar-refractivity contribution in [3.05, 3.63) is 88.8 Å². The maximum atomic E-state index is 13.6. The van der Waals surface area contributed by atoms with Crippen LogP contribution in [-0.2, 0) is 16.1 Å². The molecule has 0 saturated heterocycles. The molecule has 3 aromatic rings. The van der Waals surface area contributed by atoms with Crippen LogP contribution in [0.25, 0.3) is 5.69 Å². The van der Waals surface area contributed by atoms with E-state index < -0.39 is 5.92 Å². The van der Waals surface area contributed by atoms with E-state index in [1.165, 1.54) is 0 Å². The fourth-order valence-corrected chi connectivity index (χ4v) is 5.09. The number of aromatic nitrogens is 4. The second-order valence-electron chi connectivity index (χ2n) is 10.2. The average Bonchev–Trinajstić information content (AvgIpc) is 3.35. The summed E-state index contributed by atoms with van der Waals surface area (Å²) in [5.41, 5.74) is 4.71. The van der Waals surface area contributed by atoms with Crippen molar-refractivity contribution in [2.45, 2.75) is 46.1 Å².